The van der Waals surface area contributed by atoms with Crippen molar-refractivity contribution in [2.45, 2.75) is 38.3 Å². The van der Waals surface area contributed by atoms with Gasteiger partial charge in [0.25, 0.3) is 15.6 Å². The number of sulfonamides is 1. The lowest BCUT2D eigenvalue weighted by molar-refractivity contribution is -0.151. The molecule has 0 bridgehead atoms. The van der Waals surface area contributed by atoms with Gasteiger partial charge in [0.05, 0.1) is 11.6 Å². The molecule has 0 unspecified atom stereocenters. The summed E-state index contributed by atoms with van der Waals surface area (Å²) in [6.45, 7) is 3.88. The fraction of sp³-hybridized carbons (Fsp3) is 0.429. The molecule has 1 fully saturated rings. The van der Waals surface area contributed by atoms with Crippen molar-refractivity contribution >= 4 is 21.6 Å². The molecule has 1 saturated heterocycles. The highest BCUT2D eigenvalue weighted by atomic mass is 32.2. The van der Waals surface area contributed by atoms with Gasteiger partial charge in [-0.2, -0.15) is 4.31 Å². The monoisotopic (exact) mass is 459 g/mol. The minimum atomic E-state index is -3.69. The van der Waals surface area contributed by atoms with Crippen LogP contribution in [0.5, 0.6) is 0 Å². The van der Waals surface area contributed by atoms with Gasteiger partial charge in [-0.25, -0.2) is 18.4 Å². The number of hydrogen-bond donors (Lipinski definition) is 0. The zero-order valence-electron chi connectivity index (χ0n) is 18.2. The van der Waals surface area contributed by atoms with E-state index in [-0.39, 0.29) is 30.3 Å². The lowest BCUT2D eigenvalue weighted by atomic mass is 9.98. The molecule has 4 heterocycles. The maximum Gasteiger partial charge on any atom is 0.309 e. The van der Waals surface area contributed by atoms with Gasteiger partial charge in [0.1, 0.15) is 18.1 Å². The van der Waals surface area contributed by atoms with Gasteiger partial charge in [-0.1, -0.05) is 6.07 Å². The summed E-state index contributed by atoms with van der Waals surface area (Å²) in [6, 6.07) is 6.70. The summed E-state index contributed by atoms with van der Waals surface area (Å²) >= 11 is 0. The van der Waals surface area contributed by atoms with Crippen LogP contribution in [0.3, 0.4) is 0 Å². The maximum atomic E-state index is 12.8. The first-order valence-corrected chi connectivity index (χ1v) is 11.8. The number of aryl methyl sites for hydroxylation is 3. The molecular weight excluding hydrogens is 434 g/mol. The third-order valence-corrected chi connectivity index (χ3v) is 7.54. The number of rotatable bonds is 5. The normalized spacial score (nSPS) is 15.8. The van der Waals surface area contributed by atoms with Crippen molar-refractivity contribution < 1.29 is 17.9 Å². The van der Waals surface area contributed by atoms with E-state index in [0.717, 1.165) is 5.69 Å². The van der Waals surface area contributed by atoms with E-state index in [4.69, 9.17) is 4.74 Å². The van der Waals surface area contributed by atoms with E-state index in [0.29, 0.717) is 30.0 Å². The molecule has 3 aromatic rings. The zero-order valence-corrected chi connectivity index (χ0v) is 19.0. The number of ether oxygens (including phenoxy) is 1. The van der Waals surface area contributed by atoms with Gasteiger partial charge in [0, 0.05) is 38.1 Å². The molecule has 0 atom stereocenters. The number of piperidine rings is 1. The van der Waals surface area contributed by atoms with Crippen LogP contribution in [0, 0.1) is 19.8 Å². The molecule has 170 valence electrons. The Morgan fingerprint density at radius 3 is 2.56 bits per heavy atom. The molecule has 0 N–H and O–H groups in total. The Hall–Kier alpha value is -3.05. The summed E-state index contributed by atoms with van der Waals surface area (Å²) in [7, 11) is -1.96. The zero-order chi connectivity index (χ0) is 23.0. The molecule has 11 heteroatoms. The van der Waals surface area contributed by atoms with E-state index in [2.05, 4.69) is 9.97 Å². The molecule has 0 spiro atoms. The Balaban J connectivity index is 1.37. The first-order chi connectivity index (χ1) is 15.2. The summed E-state index contributed by atoms with van der Waals surface area (Å²) in [4.78, 5) is 33.4. The molecule has 4 rings (SSSR count). The predicted molar refractivity (Wildman–Crippen MR) is 115 cm³/mol. The van der Waals surface area contributed by atoms with Crippen LogP contribution in [0.25, 0.3) is 5.65 Å². The van der Waals surface area contributed by atoms with Gasteiger partial charge in [0.2, 0.25) is 0 Å². The lowest BCUT2D eigenvalue weighted by Crippen LogP contribution is -2.40. The average molecular weight is 460 g/mol. The number of carbonyl (C=O) groups excluding carboxylic acids is 1. The topological polar surface area (TPSA) is 116 Å². The van der Waals surface area contributed by atoms with Crippen LogP contribution < -0.4 is 5.56 Å². The second-order valence-corrected chi connectivity index (χ2v) is 9.85. The molecule has 0 amide bonds. The summed E-state index contributed by atoms with van der Waals surface area (Å²) in [5.41, 5.74) is 1.40. The van der Waals surface area contributed by atoms with Gasteiger partial charge in [-0.15, -0.1) is 0 Å². The minimum Gasteiger partial charge on any atom is -0.459 e. The average Bonchev–Trinajstić information content (AvgIpc) is 3.11. The van der Waals surface area contributed by atoms with Crippen molar-refractivity contribution in [1.82, 2.24) is 23.2 Å². The van der Waals surface area contributed by atoms with Crippen LogP contribution in [0.1, 0.15) is 30.1 Å². The van der Waals surface area contributed by atoms with Gasteiger partial charge in [-0.05, 0) is 38.8 Å². The van der Waals surface area contributed by atoms with Crippen molar-refractivity contribution in [3.05, 3.63) is 58.0 Å². The van der Waals surface area contributed by atoms with Crippen LogP contribution in [-0.4, -0.2) is 50.7 Å². The van der Waals surface area contributed by atoms with Crippen molar-refractivity contribution in [3.8, 4) is 0 Å². The second kappa shape index (κ2) is 8.47. The Labute approximate surface area is 185 Å². The van der Waals surface area contributed by atoms with E-state index >= 15 is 0 Å². The van der Waals surface area contributed by atoms with E-state index in [1.807, 2.05) is 13.0 Å². The summed E-state index contributed by atoms with van der Waals surface area (Å²) < 4.78 is 35.5. The Morgan fingerprint density at radius 2 is 1.91 bits per heavy atom. The van der Waals surface area contributed by atoms with E-state index in [1.165, 1.54) is 21.0 Å². The highest BCUT2D eigenvalue weighted by Gasteiger charge is 2.34. The quantitative estimate of drug-likeness (QED) is 0.526. The van der Waals surface area contributed by atoms with Crippen molar-refractivity contribution in [3.63, 3.8) is 0 Å². The molecule has 32 heavy (non-hydrogen) atoms. The molecular formula is C21H25N5O5S. The Kier molecular flexibility index (Phi) is 5.87. The van der Waals surface area contributed by atoms with E-state index in [1.54, 1.807) is 30.7 Å². The van der Waals surface area contributed by atoms with Gasteiger partial charge >= 0.3 is 5.97 Å². The summed E-state index contributed by atoms with van der Waals surface area (Å²) in [5, 5.41) is 0.0161. The SMILES string of the molecule is Cc1nc(S(=O)(=O)N2CCC(C(=O)OCc3cc(=O)n4c(C)cccc4n3)CC2)cn1C. The second-order valence-electron chi connectivity index (χ2n) is 7.97. The number of carbonyl (C=O) groups is 1. The first kappa shape index (κ1) is 22.2. The van der Waals surface area contributed by atoms with Crippen LogP contribution in [0.15, 0.2) is 40.3 Å². The number of hydrogen-bond acceptors (Lipinski definition) is 7. The molecule has 0 saturated carbocycles. The van der Waals surface area contributed by atoms with Gasteiger partial charge in [0.15, 0.2) is 5.03 Å². The van der Waals surface area contributed by atoms with E-state index in [9.17, 15) is 18.0 Å². The molecule has 1 aliphatic rings. The fourth-order valence-electron chi connectivity index (χ4n) is 3.82. The van der Waals surface area contributed by atoms with Crippen molar-refractivity contribution in [1.29, 1.82) is 0 Å². The Bertz CT molecular complexity index is 1320. The van der Waals surface area contributed by atoms with Crippen LogP contribution >= 0.6 is 0 Å². The molecule has 10 nitrogen and oxygen atoms in total. The fourth-order valence-corrected chi connectivity index (χ4v) is 5.31. The predicted octanol–water partition coefficient (Wildman–Crippen LogP) is 1.19. The van der Waals surface area contributed by atoms with Crippen LogP contribution in [0.4, 0.5) is 0 Å². The minimum absolute atomic E-state index is 0.0161. The third kappa shape index (κ3) is 4.17. The molecule has 3 aromatic heterocycles. The summed E-state index contributed by atoms with van der Waals surface area (Å²) in [6.07, 6.45) is 2.21. The molecule has 1 aliphatic heterocycles. The van der Waals surface area contributed by atoms with Crippen molar-refractivity contribution in [2.75, 3.05) is 13.1 Å². The largest absolute Gasteiger partial charge is 0.459 e. The van der Waals surface area contributed by atoms with Gasteiger partial charge < -0.3 is 9.30 Å². The number of nitrogens with zero attached hydrogens (tertiary/aromatic N) is 5. The molecule has 0 aromatic carbocycles. The highest BCUT2D eigenvalue weighted by molar-refractivity contribution is 7.89. The number of aromatic nitrogens is 4. The maximum absolute atomic E-state index is 12.8. The highest BCUT2D eigenvalue weighted by Crippen LogP contribution is 2.24. The molecule has 0 radical (unpaired) electrons. The first-order valence-electron chi connectivity index (χ1n) is 10.3. The van der Waals surface area contributed by atoms with Crippen LogP contribution in [-0.2, 0) is 33.2 Å². The number of pyridine rings is 1. The molecule has 0 aliphatic carbocycles. The number of imidazole rings is 1. The standard InChI is InChI=1S/C21H25N5O5S/c1-14-5-4-6-18-23-17(11-20(27)26(14)18)13-31-21(28)16-7-9-25(10-8-16)32(29,30)19-12-24(3)15(2)22-19/h4-6,11-12,16H,7-10,13H2,1-3H3. The Morgan fingerprint density at radius 1 is 1.19 bits per heavy atom. The number of esters is 1. The van der Waals surface area contributed by atoms with Crippen molar-refractivity contribution in [2.24, 2.45) is 13.0 Å². The van der Waals surface area contributed by atoms with E-state index < -0.39 is 21.9 Å². The van der Waals surface area contributed by atoms with Crippen LogP contribution in [0.2, 0.25) is 0 Å². The number of fused-ring (bicyclic) bond motifs is 1. The third-order valence-electron chi connectivity index (χ3n) is 5.77. The lowest BCUT2D eigenvalue weighted by Gasteiger charge is -2.29. The summed E-state index contributed by atoms with van der Waals surface area (Å²) in [5.74, 6) is -0.211. The van der Waals surface area contributed by atoms with Gasteiger partial charge in [-0.3, -0.25) is 14.0 Å². The smallest absolute Gasteiger partial charge is 0.309 e.